The molecular weight excluding hydrogens is 218 g/mol. The van der Waals surface area contributed by atoms with Crippen LogP contribution >= 0.6 is 0 Å². The van der Waals surface area contributed by atoms with Gasteiger partial charge in [-0.1, -0.05) is 0 Å². The third-order valence-electron chi connectivity index (χ3n) is 3.12. The van der Waals surface area contributed by atoms with Gasteiger partial charge in [0.25, 0.3) is 0 Å². The number of nitrogens with zero attached hydrogens (tertiary/aromatic N) is 1. The minimum absolute atomic E-state index is 0.374. The Kier molecular flexibility index (Phi) is 2.83. The Bertz CT molecular complexity index is 450. The van der Waals surface area contributed by atoms with Crippen molar-refractivity contribution in [2.24, 2.45) is 0 Å². The Morgan fingerprint density at radius 2 is 2.06 bits per heavy atom. The molecule has 0 amide bonds. The van der Waals surface area contributed by atoms with Gasteiger partial charge < -0.3 is 14.7 Å². The van der Waals surface area contributed by atoms with Crippen molar-refractivity contribution in [2.75, 3.05) is 26.1 Å². The van der Waals surface area contributed by atoms with Gasteiger partial charge in [0.1, 0.15) is 0 Å². The number of rotatable bonds is 3. The summed E-state index contributed by atoms with van der Waals surface area (Å²) in [6, 6.07) is 5.29. The minimum atomic E-state index is -0.760. The van der Waals surface area contributed by atoms with Crippen LogP contribution in [0.15, 0.2) is 18.2 Å². The number of carbonyl (C=O) groups excluding carboxylic acids is 1. The second kappa shape index (κ2) is 4.04. The number of anilines is 1. The molecule has 0 bridgehead atoms. The van der Waals surface area contributed by atoms with Crippen LogP contribution in [0.5, 0.6) is 0 Å². The first-order chi connectivity index (χ1) is 7.98. The molecule has 0 heterocycles. The van der Waals surface area contributed by atoms with Crippen molar-refractivity contribution < 1.29 is 14.6 Å². The van der Waals surface area contributed by atoms with Crippen LogP contribution in [-0.2, 0) is 10.3 Å². The Balaban J connectivity index is 2.47. The molecule has 2 rings (SSSR count). The van der Waals surface area contributed by atoms with Crippen molar-refractivity contribution >= 4 is 11.7 Å². The predicted octanol–water partition coefficient (Wildman–Crippen LogP) is 1.52. The lowest BCUT2D eigenvalue weighted by molar-refractivity contribution is 0.0600. The normalized spacial score (nSPS) is 16.5. The second-order valence-corrected chi connectivity index (χ2v) is 4.65. The summed E-state index contributed by atoms with van der Waals surface area (Å²) in [5, 5.41) is 10.2. The predicted molar refractivity (Wildman–Crippen MR) is 65.2 cm³/mol. The molecule has 0 aromatic heterocycles. The van der Waals surface area contributed by atoms with Gasteiger partial charge in [-0.05, 0) is 31.0 Å². The van der Waals surface area contributed by atoms with Crippen molar-refractivity contribution in [1.82, 2.24) is 0 Å². The molecule has 0 radical (unpaired) electrons. The molecule has 4 heteroatoms. The fourth-order valence-electron chi connectivity index (χ4n) is 1.93. The van der Waals surface area contributed by atoms with Gasteiger partial charge in [0.2, 0.25) is 0 Å². The number of ether oxygens (including phenoxy) is 1. The van der Waals surface area contributed by atoms with Gasteiger partial charge in [0, 0.05) is 25.3 Å². The summed E-state index contributed by atoms with van der Waals surface area (Å²) in [6.07, 6.45) is 1.50. The fraction of sp³-hybridized carbons (Fsp3) is 0.462. The summed E-state index contributed by atoms with van der Waals surface area (Å²) < 4.78 is 4.69. The van der Waals surface area contributed by atoms with Gasteiger partial charge in [-0.25, -0.2) is 4.79 Å². The molecule has 0 spiro atoms. The highest BCUT2D eigenvalue weighted by molar-refractivity contribution is 5.90. The number of methoxy groups -OCH3 is 1. The maximum Gasteiger partial charge on any atom is 0.337 e. The summed E-state index contributed by atoms with van der Waals surface area (Å²) in [6.45, 7) is 0. The minimum Gasteiger partial charge on any atom is -0.465 e. The average Bonchev–Trinajstić information content (AvgIpc) is 3.06. The Hall–Kier alpha value is -1.55. The lowest BCUT2D eigenvalue weighted by Gasteiger charge is -2.21. The third-order valence-corrected chi connectivity index (χ3v) is 3.12. The molecule has 1 aliphatic carbocycles. The van der Waals surface area contributed by atoms with Crippen LogP contribution in [-0.4, -0.2) is 32.3 Å². The van der Waals surface area contributed by atoms with Crippen molar-refractivity contribution in [2.45, 2.75) is 18.4 Å². The first-order valence-electron chi connectivity index (χ1n) is 5.60. The van der Waals surface area contributed by atoms with E-state index in [-0.39, 0.29) is 5.97 Å². The fourth-order valence-corrected chi connectivity index (χ4v) is 1.93. The molecule has 1 aromatic rings. The van der Waals surface area contributed by atoms with E-state index in [0.29, 0.717) is 5.56 Å². The zero-order chi connectivity index (χ0) is 12.6. The third kappa shape index (κ3) is 2.13. The van der Waals surface area contributed by atoms with E-state index in [2.05, 4.69) is 0 Å². The molecular formula is C13H17NO3. The molecule has 0 atom stereocenters. The molecule has 1 fully saturated rings. The van der Waals surface area contributed by atoms with Gasteiger partial charge in [0.05, 0.1) is 18.3 Å². The number of hydrogen-bond donors (Lipinski definition) is 1. The number of hydrogen-bond acceptors (Lipinski definition) is 4. The Labute approximate surface area is 101 Å². The molecule has 92 valence electrons. The van der Waals surface area contributed by atoms with Crippen LogP contribution in [0.3, 0.4) is 0 Å². The summed E-state index contributed by atoms with van der Waals surface area (Å²) in [7, 11) is 5.19. The van der Waals surface area contributed by atoms with Gasteiger partial charge >= 0.3 is 5.97 Å². The number of carbonyl (C=O) groups is 1. The average molecular weight is 235 g/mol. The van der Waals surface area contributed by atoms with Crippen LogP contribution < -0.4 is 4.90 Å². The summed E-state index contributed by atoms with van der Waals surface area (Å²) >= 11 is 0. The molecule has 4 nitrogen and oxygen atoms in total. The van der Waals surface area contributed by atoms with E-state index >= 15 is 0 Å². The van der Waals surface area contributed by atoms with E-state index in [1.807, 2.05) is 25.1 Å². The smallest absolute Gasteiger partial charge is 0.337 e. The van der Waals surface area contributed by atoms with E-state index in [4.69, 9.17) is 4.74 Å². The quantitative estimate of drug-likeness (QED) is 0.807. The van der Waals surface area contributed by atoms with E-state index in [9.17, 15) is 9.90 Å². The standard InChI is InChI=1S/C13H17NO3/c1-14(2)11-5-4-9(12(15)17-3)8-10(11)13(16)6-7-13/h4-5,8,16H,6-7H2,1-3H3. The molecule has 0 unspecified atom stereocenters. The first kappa shape index (κ1) is 11.9. The molecule has 1 aromatic carbocycles. The van der Waals surface area contributed by atoms with Gasteiger partial charge in [-0.3, -0.25) is 0 Å². The zero-order valence-electron chi connectivity index (χ0n) is 10.4. The highest BCUT2D eigenvalue weighted by Crippen LogP contribution is 2.48. The van der Waals surface area contributed by atoms with Crippen molar-refractivity contribution in [3.05, 3.63) is 29.3 Å². The van der Waals surface area contributed by atoms with E-state index in [1.165, 1.54) is 7.11 Å². The summed E-state index contributed by atoms with van der Waals surface area (Å²) in [5.41, 5.74) is 1.47. The first-order valence-corrected chi connectivity index (χ1v) is 5.60. The van der Waals surface area contributed by atoms with Crippen LogP contribution in [0, 0.1) is 0 Å². The lowest BCUT2D eigenvalue weighted by Crippen LogP contribution is -2.17. The molecule has 1 N–H and O–H groups in total. The van der Waals surface area contributed by atoms with Gasteiger partial charge in [-0.2, -0.15) is 0 Å². The SMILES string of the molecule is COC(=O)c1ccc(N(C)C)c(C2(O)CC2)c1. The topological polar surface area (TPSA) is 49.8 Å². The number of aliphatic hydroxyl groups is 1. The van der Waals surface area contributed by atoms with Gasteiger partial charge in [0.15, 0.2) is 0 Å². The molecule has 0 aliphatic heterocycles. The Morgan fingerprint density at radius 3 is 2.53 bits per heavy atom. The maximum absolute atomic E-state index is 11.5. The highest BCUT2D eigenvalue weighted by atomic mass is 16.5. The zero-order valence-corrected chi connectivity index (χ0v) is 10.4. The van der Waals surface area contributed by atoms with Crippen LogP contribution in [0.4, 0.5) is 5.69 Å². The number of benzene rings is 1. The highest BCUT2D eigenvalue weighted by Gasteiger charge is 2.44. The molecule has 17 heavy (non-hydrogen) atoms. The van der Waals surface area contributed by atoms with Crippen LogP contribution in [0.25, 0.3) is 0 Å². The number of esters is 1. The van der Waals surface area contributed by atoms with Crippen molar-refractivity contribution in [1.29, 1.82) is 0 Å². The van der Waals surface area contributed by atoms with Gasteiger partial charge in [-0.15, -0.1) is 0 Å². The second-order valence-electron chi connectivity index (χ2n) is 4.65. The van der Waals surface area contributed by atoms with Crippen LogP contribution in [0.2, 0.25) is 0 Å². The van der Waals surface area contributed by atoms with E-state index in [1.54, 1.807) is 12.1 Å². The molecule has 1 saturated carbocycles. The largest absolute Gasteiger partial charge is 0.465 e. The summed E-state index contributed by atoms with van der Waals surface area (Å²) in [4.78, 5) is 13.4. The van der Waals surface area contributed by atoms with Crippen molar-refractivity contribution in [3.8, 4) is 0 Å². The lowest BCUT2D eigenvalue weighted by atomic mass is 10.0. The van der Waals surface area contributed by atoms with E-state index < -0.39 is 5.60 Å². The maximum atomic E-state index is 11.5. The molecule has 1 aliphatic rings. The summed E-state index contributed by atoms with van der Waals surface area (Å²) in [5.74, 6) is -0.374. The Morgan fingerprint density at radius 1 is 1.41 bits per heavy atom. The molecule has 0 saturated heterocycles. The van der Waals surface area contributed by atoms with Crippen molar-refractivity contribution in [3.63, 3.8) is 0 Å². The van der Waals surface area contributed by atoms with E-state index in [0.717, 1.165) is 24.1 Å². The van der Waals surface area contributed by atoms with Crippen LogP contribution in [0.1, 0.15) is 28.8 Å². The monoisotopic (exact) mass is 235 g/mol.